The van der Waals surface area contributed by atoms with Gasteiger partial charge in [-0.05, 0) is 0 Å². The number of halogens is 1. The smallest absolute Gasteiger partial charge is 0.306 e. The van der Waals surface area contributed by atoms with Crippen molar-refractivity contribution in [1.29, 1.82) is 0 Å². The molecular weight excluding hydrogens is 212 g/mol. The molecule has 0 radical (unpaired) electrons. The Kier molecular flexibility index (Phi) is 5.46. The molecule has 0 heterocycles. The third-order valence-electron chi connectivity index (χ3n) is 2.92. The Labute approximate surface area is 86.1 Å². The largest absolute Gasteiger partial charge is 0.472 e. The lowest BCUT2D eigenvalue weighted by Gasteiger charge is -2.30. The second-order valence-corrected chi connectivity index (χ2v) is 7.05. The van der Waals surface area contributed by atoms with E-state index in [1.807, 2.05) is 0 Å². The van der Waals surface area contributed by atoms with Crippen molar-refractivity contribution >= 4 is 31.1 Å². The van der Waals surface area contributed by atoms with Gasteiger partial charge in [-0.15, -0.1) is 4.05 Å². The molecule has 1 aliphatic carbocycles. The average Bonchev–Trinajstić information content (AvgIpc) is 2.06. The molecule has 62 valence electrons. The maximum Gasteiger partial charge on any atom is 0.472 e. The third kappa shape index (κ3) is 3.23. The van der Waals surface area contributed by atoms with Crippen molar-refractivity contribution in [3.05, 3.63) is 0 Å². The lowest BCUT2D eigenvalue weighted by molar-refractivity contribution is 0.337. The van der Waals surface area contributed by atoms with E-state index < -0.39 is 0 Å². The van der Waals surface area contributed by atoms with Crippen LogP contribution in [0.4, 0.5) is 0 Å². The first-order valence-corrected chi connectivity index (χ1v) is 9.66. The van der Waals surface area contributed by atoms with Crippen LogP contribution in [0.1, 0.15) is 45.4 Å². The first-order valence-electron chi connectivity index (χ1n) is 4.94. The summed E-state index contributed by atoms with van der Waals surface area (Å²) in [7, 11) is 0. The van der Waals surface area contributed by atoms with E-state index >= 15 is 0 Å². The zero-order valence-corrected chi connectivity index (χ0v) is 10.5. The van der Waals surface area contributed by atoms with Crippen LogP contribution in [-0.4, -0.2) is 18.2 Å². The van der Waals surface area contributed by atoms with Gasteiger partial charge in [0, 0.05) is 0 Å². The van der Waals surface area contributed by atoms with Crippen LogP contribution in [0.3, 0.4) is 0 Å². The molecule has 0 aliphatic heterocycles. The first kappa shape index (κ1) is 10.3. The average molecular weight is 229 g/mol. The summed E-state index contributed by atoms with van der Waals surface area (Å²) in [6.07, 6.45) is 8.94. The van der Waals surface area contributed by atoms with Crippen molar-refractivity contribution < 1.29 is 0 Å². The summed E-state index contributed by atoms with van der Waals surface area (Å²) in [5.41, 5.74) is 0. The third-order valence-corrected chi connectivity index (χ3v) is 6.89. The van der Waals surface area contributed by atoms with Gasteiger partial charge in [0.2, 0.25) is 0 Å². The van der Waals surface area contributed by atoms with Gasteiger partial charge in [0.15, 0.2) is 0 Å². The number of hydrogen-bond donors (Lipinski definition) is 0. The topological polar surface area (TPSA) is 0 Å². The molecule has 0 bridgehead atoms. The van der Waals surface area contributed by atoms with Gasteiger partial charge in [-0.3, -0.25) is 0 Å². The van der Waals surface area contributed by atoms with Crippen LogP contribution in [0, 0.1) is 5.92 Å². The Balaban J connectivity index is 2.31. The summed E-state index contributed by atoms with van der Waals surface area (Å²) < 4.78 is 1.13. The summed E-state index contributed by atoms with van der Waals surface area (Å²) >= 11 is 3.87. The number of rotatable bonds is 3. The molecule has 0 nitrogen and oxygen atoms in total. The molecule has 0 spiro atoms. The van der Waals surface area contributed by atoms with E-state index in [4.69, 9.17) is 0 Å². The maximum atomic E-state index is 3.76. The first-order chi connectivity index (χ1) is 5.38. The van der Waals surface area contributed by atoms with Crippen LogP contribution >= 0.6 is 12.9 Å². The molecule has 1 rings (SSSR count). The monoisotopic (exact) mass is 228 g/mol. The molecule has 0 saturated heterocycles. The summed E-state index contributed by atoms with van der Waals surface area (Å²) in [6, 6.07) is 0. The van der Waals surface area contributed by atoms with Crippen molar-refractivity contribution in [3.63, 3.8) is 0 Å². The van der Waals surface area contributed by atoms with E-state index in [1.54, 1.807) is 0 Å². The van der Waals surface area contributed by atoms with Gasteiger partial charge in [-0.25, -0.2) is 0 Å². The second kappa shape index (κ2) is 5.82. The normalized spacial score (nSPS) is 31.5. The van der Waals surface area contributed by atoms with Gasteiger partial charge in [-0.1, -0.05) is 51.4 Å². The highest BCUT2D eigenvalue weighted by atomic mass is 79.9. The van der Waals surface area contributed by atoms with E-state index in [0.29, 0.717) is 0 Å². The lowest BCUT2D eigenvalue weighted by atomic mass is 9.85. The fourth-order valence-corrected chi connectivity index (χ4v) is 5.96. The van der Waals surface area contributed by atoms with E-state index in [0.717, 1.165) is 9.97 Å². The Hall–Kier alpha value is 1.25. The molecule has 0 N–H and O–H groups in total. The molecule has 1 aliphatic rings. The molecule has 0 aromatic heterocycles. The van der Waals surface area contributed by atoms with Crippen molar-refractivity contribution in [2.45, 2.75) is 49.5 Å². The van der Waals surface area contributed by atoms with Crippen molar-refractivity contribution in [3.8, 4) is 0 Å². The van der Waals surface area contributed by atoms with Gasteiger partial charge >= 0.3 is 18.2 Å². The highest BCUT2D eigenvalue weighted by molar-refractivity contribution is 9.23. The van der Waals surface area contributed by atoms with Crippen LogP contribution < -0.4 is 0 Å². The van der Waals surface area contributed by atoms with Gasteiger partial charge < -0.3 is 12.9 Å². The zero-order chi connectivity index (χ0) is 8.10. The summed E-state index contributed by atoms with van der Waals surface area (Å²) in [6.45, 7) is 2.32. The fraction of sp³-hybridized carbons (Fsp3) is 1.00. The highest BCUT2D eigenvalue weighted by Gasteiger charge is 2.24. The SMILES string of the molecule is CCCC1CCCC[CH]1[Mg][Br]. The highest BCUT2D eigenvalue weighted by Crippen LogP contribution is 2.37. The van der Waals surface area contributed by atoms with Gasteiger partial charge in [-0.2, -0.15) is 0 Å². The minimum Gasteiger partial charge on any atom is -0.306 e. The summed E-state index contributed by atoms with van der Waals surface area (Å²) in [4.78, 5) is 0. The fourth-order valence-electron chi connectivity index (χ4n) is 2.24. The molecule has 2 heteroatoms. The number of hydrogen-bond acceptors (Lipinski definition) is 0. The lowest BCUT2D eigenvalue weighted by Crippen LogP contribution is -2.16. The minimum atomic E-state index is 0.113. The molecule has 2 unspecified atom stereocenters. The van der Waals surface area contributed by atoms with Crippen molar-refractivity contribution in [2.75, 3.05) is 0 Å². The molecular formula is C9H17BrMg. The Morgan fingerprint density at radius 3 is 2.73 bits per heavy atom. The van der Waals surface area contributed by atoms with E-state index in [-0.39, 0.29) is 18.2 Å². The molecule has 0 aromatic rings. The van der Waals surface area contributed by atoms with Crippen LogP contribution in [0.2, 0.25) is 4.05 Å². The van der Waals surface area contributed by atoms with E-state index in [2.05, 4.69) is 19.8 Å². The Bertz CT molecular complexity index is 104. The second-order valence-electron chi connectivity index (χ2n) is 3.75. The molecule has 11 heavy (non-hydrogen) atoms. The predicted octanol–water partition coefficient (Wildman–Crippen LogP) is 3.78. The Morgan fingerprint density at radius 2 is 2.09 bits per heavy atom. The standard InChI is InChI=1S/C9H17.BrH.Mg/c1-2-6-9-7-4-3-5-8-9;;/h7,9H,2-6,8H2,1H3;1H;/q;;+1/p-1. The molecule has 2 atom stereocenters. The molecule has 1 saturated carbocycles. The predicted molar refractivity (Wildman–Crippen MR) is 55.3 cm³/mol. The van der Waals surface area contributed by atoms with Crippen molar-refractivity contribution in [1.82, 2.24) is 0 Å². The molecule has 0 amide bonds. The molecule has 1 fully saturated rings. The van der Waals surface area contributed by atoms with Gasteiger partial charge in [0.25, 0.3) is 0 Å². The minimum absolute atomic E-state index is 0.113. The van der Waals surface area contributed by atoms with Gasteiger partial charge in [0.05, 0.1) is 0 Å². The molecule has 0 aromatic carbocycles. The van der Waals surface area contributed by atoms with Gasteiger partial charge in [0.1, 0.15) is 0 Å². The van der Waals surface area contributed by atoms with Crippen LogP contribution in [0.15, 0.2) is 0 Å². The van der Waals surface area contributed by atoms with Crippen molar-refractivity contribution in [2.24, 2.45) is 5.92 Å². The van der Waals surface area contributed by atoms with E-state index in [9.17, 15) is 0 Å². The van der Waals surface area contributed by atoms with Crippen LogP contribution in [-0.2, 0) is 0 Å². The maximum absolute atomic E-state index is 3.76. The summed E-state index contributed by atoms with van der Waals surface area (Å²) in [5, 5.41) is 0. The zero-order valence-electron chi connectivity index (χ0n) is 7.48. The van der Waals surface area contributed by atoms with E-state index in [1.165, 1.54) is 38.5 Å². The quantitative estimate of drug-likeness (QED) is 0.646. The van der Waals surface area contributed by atoms with Crippen LogP contribution in [0.25, 0.3) is 0 Å². The Morgan fingerprint density at radius 1 is 1.36 bits per heavy atom. The summed E-state index contributed by atoms with van der Waals surface area (Å²) in [5.74, 6) is 1.10. The van der Waals surface area contributed by atoms with Crippen LogP contribution in [0.5, 0.6) is 0 Å².